The molecular formula is C26H21BrO8. The van der Waals surface area contributed by atoms with Crippen LogP contribution in [0.15, 0.2) is 91.0 Å². The van der Waals surface area contributed by atoms with Gasteiger partial charge in [-0.25, -0.2) is 0 Å². The number of ether oxygens (including phenoxy) is 1. The molecule has 0 saturated carbocycles. The average molecular weight is 541 g/mol. The molecule has 1 aliphatic heterocycles. The van der Waals surface area contributed by atoms with Gasteiger partial charge in [-0.2, -0.15) is 0 Å². The number of hydrogen-bond acceptors (Lipinski definition) is 8. The number of ketones is 3. The Balaban J connectivity index is 2.03. The lowest BCUT2D eigenvalue weighted by Crippen LogP contribution is -2.86. The van der Waals surface area contributed by atoms with E-state index in [0.717, 1.165) is 0 Å². The quantitative estimate of drug-likeness (QED) is 0.274. The van der Waals surface area contributed by atoms with E-state index >= 15 is 0 Å². The van der Waals surface area contributed by atoms with Crippen LogP contribution in [0.25, 0.3) is 0 Å². The molecule has 0 aromatic heterocycles. The van der Waals surface area contributed by atoms with Gasteiger partial charge >= 0.3 is 0 Å². The van der Waals surface area contributed by atoms with Gasteiger partial charge in [0.15, 0.2) is 11.4 Å². The van der Waals surface area contributed by atoms with Crippen LogP contribution in [-0.4, -0.2) is 65.9 Å². The van der Waals surface area contributed by atoms with Gasteiger partial charge < -0.3 is 25.2 Å². The number of carbonyl (C=O) groups excluding carboxylic acids is 3. The standard InChI is InChI=1S/C26H21BrO8/c27-26(34)25(33,22(30)19-14-8-3-9-15-19)24(32,21(29)18-12-6-2-7-13-18)23(31,16-35-26)20(28)17-10-4-1-5-11-17/h1-15,31-34H,16H2/t23-,24+,25-,26+/m0/s1. The fraction of sp³-hybridized carbons (Fsp3) is 0.192. The van der Waals surface area contributed by atoms with E-state index in [1.54, 1.807) is 18.2 Å². The highest BCUT2D eigenvalue weighted by atomic mass is 79.9. The van der Waals surface area contributed by atoms with Crippen molar-refractivity contribution in [2.75, 3.05) is 6.61 Å². The predicted octanol–water partition coefficient (Wildman–Crippen LogP) is 1.90. The van der Waals surface area contributed by atoms with Gasteiger partial charge in [0.05, 0.1) is 6.61 Å². The summed E-state index contributed by atoms with van der Waals surface area (Å²) in [5.74, 6) is -3.95. The second-order valence-corrected chi connectivity index (χ2v) is 9.29. The Labute approximate surface area is 208 Å². The third-order valence-electron chi connectivity index (χ3n) is 6.18. The zero-order chi connectivity index (χ0) is 25.5. The number of halogens is 1. The zero-order valence-corrected chi connectivity index (χ0v) is 19.8. The minimum atomic E-state index is -3.61. The highest BCUT2D eigenvalue weighted by Crippen LogP contribution is 2.52. The third-order valence-corrected chi connectivity index (χ3v) is 6.98. The molecule has 0 spiro atoms. The molecule has 180 valence electrons. The summed E-state index contributed by atoms with van der Waals surface area (Å²) < 4.78 is 2.11. The largest absolute Gasteiger partial charge is 0.376 e. The number of aliphatic hydroxyl groups is 4. The summed E-state index contributed by atoms with van der Waals surface area (Å²) in [5.41, 5.74) is -11.0. The van der Waals surface area contributed by atoms with E-state index < -0.39 is 45.5 Å². The van der Waals surface area contributed by atoms with Crippen LogP contribution in [0.5, 0.6) is 0 Å². The molecule has 4 rings (SSSR count). The fourth-order valence-electron chi connectivity index (χ4n) is 4.24. The number of rotatable bonds is 6. The molecule has 4 N–H and O–H groups in total. The van der Waals surface area contributed by atoms with Crippen molar-refractivity contribution in [3.8, 4) is 0 Å². The fourth-order valence-corrected chi connectivity index (χ4v) is 4.82. The maximum Gasteiger partial charge on any atom is 0.265 e. The van der Waals surface area contributed by atoms with E-state index in [0.29, 0.717) is 0 Å². The Morgan fingerprint density at radius 3 is 1.34 bits per heavy atom. The Kier molecular flexibility index (Phi) is 6.35. The van der Waals surface area contributed by atoms with Crippen LogP contribution in [0, 0.1) is 0 Å². The van der Waals surface area contributed by atoms with E-state index in [9.17, 15) is 34.8 Å². The van der Waals surface area contributed by atoms with Gasteiger partial charge in [0, 0.05) is 16.7 Å². The predicted molar refractivity (Wildman–Crippen MR) is 127 cm³/mol. The first-order valence-corrected chi connectivity index (χ1v) is 11.3. The molecule has 1 aliphatic rings. The summed E-state index contributed by atoms with van der Waals surface area (Å²) in [4.78, 5) is 41.1. The molecule has 0 aliphatic carbocycles. The highest BCUT2D eigenvalue weighted by Gasteiger charge is 2.81. The van der Waals surface area contributed by atoms with Gasteiger partial charge in [0.25, 0.3) is 4.70 Å². The monoisotopic (exact) mass is 540 g/mol. The van der Waals surface area contributed by atoms with Gasteiger partial charge in [-0.1, -0.05) is 91.0 Å². The molecule has 0 radical (unpaired) electrons. The molecule has 9 heteroatoms. The van der Waals surface area contributed by atoms with Crippen molar-refractivity contribution in [1.82, 2.24) is 0 Å². The van der Waals surface area contributed by atoms with Crippen molar-refractivity contribution in [2.45, 2.75) is 21.5 Å². The second kappa shape index (κ2) is 8.87. The molecule has 3 aromatic carbocycles. The normalized spacial score (nSPS) is 30.4. The van der Waals surface area contributed by atoms with Gasteiger partial charge in [-0.15, -0.1) is 0 Å². The van der Waals surface area contributed by atoms with E-state index in [4.69, 9.17) is 4.74 Å². The van der Waals surface area contributed by atoms with E-state index in [-0.39, 0.29) is 16.7 Å². The molecule has 4 atom stereocenters. The molecule has 0 unspecified atom stereocenters. The Hall–Kier alpha value is -3.05. The Bertz CT molecular complexity index is 1260. The minimum Gasteiger partial charge on any atom is -0.376 e. The van der Waals surface area contributed by atoms with Crippen molar-refractivity contribution in [3.63, 3.8) is 0 Å². The highest BCUT2D eigenvalue weighted by molar-refractivity contribution is 9.10. The van der Waals surface area contributed by atoms with Crippen LogP contribution in [0.4, 0.5) is 0 Å². The summed E-state index contributed by atoms with van der Waals surface area (Å²) in [6, 6.07) is 21.2. The Morgan fingerprint density at radius 1 is 0.600 bits per heavy atom. The first-order chi connectivity index (χ1) is 16.5. The van der Waals surface area contributed by atoms with Crippen LogP contribution in [0.3, 0.4) is 0 Å². The molecule has 1 heterocycles. The zero-order valence-electron chi connectivity index (χ0n) is 18.2. The summed E-state index contributed by atoms with van der Waals surface area (Å²) >= 11 is 2.71. The van der Waals surface area contributed by atoms with Crippen LogP contribution < -0.4 is 0 Å². The molecule has 0 bridgehead atoms. The van der Waals surface area contributed by atoms with E-state index in [2.05, 4.69) is 15.9 Å². The van der Waals surface area contributed by atoms with Crippen LogP contribution in [0.1, 0.15) is 31.1 Å². The average Bonchev–Trinajstić information content (AvgIpc) is 2.90. The summed E-state index contributed by atoms with van der Waals surface area (Å²) in [5, 5.41) is 46.7. The maximum atomic E-state index is 13.9. The van der Waals surface area contributed by atoms with Crippen LogP contribution in [0.2, 0.25) is 0 Å². The van der Waals surface area contributed by atoms with Crippen LogP contribution in [-0.2, 0) is 4.74 Å². The number of Topliss-reactive ketones (excluding diaryl/α,β-unsaturated/α-hetero) is 3. The van der Waals surface area contributed by atoms with Gasteiger partial charge in [-0.3, -0.25) is 14.4 Å². The topological polar surface area (TPSA) is 141 Å². The Morgan fingerprint density at radius 2 is 0.943 bits per heavy atom. The maximum absolute atomic E-state index is 13.9. The molecule has 35 heavy (non-hydrogen) atoms. The van der Waals surface area contributed by atoms with Crippen molar-refractivity contribution >= 4 is 33.3 Å². The van der Waals surface area contributed by atoms with Crippen LogP contribution >= 0.6 is 15.9 Å². The molecule has 0 amide bonds. The molecule has 1 fully saturated rings. The molecule has 1 saturated heterocycles. The number of alkyl halides is 1. The summed E-state index contributed by atoms with van der Waals surface area (Å²) in [7, 11) is 0. The minimum absolute atomic E-state index is 0.132. The van der Waals surface area contributed by atoms with E-state index in [1.807, 2.05) is 0 Å². The summed E-state index contributed by atoms with van der Waals surface area (Å²) in [6.45, 7) is -1.14. The lowest BCUT2D eigenvalue weighted by atomic mass is 9.60. The van der Waals surface area contributed by atoms with Crippen molar-refractivity contribution in [1.29, 1.82) is 0 Å². The first-order valence-electron chi connectivity index (χ1n) is 10.5. The lowest BCUT2D eigenvalue weighted by molar-refractivity contribution is -0.333. The summed E-state index contributed by atoms with van der Waals surface area (Å²) in [6.07, 6.45) is 0. The third kappa shape index (κ3) is 3.59. The van der Waals surface area contributed by atoms with Crippen molar-refractivity contribution in [2.24, 2.45) is 0 Å². The first kappa shape index (κ1) is 25.1. The SMILES string of the molecule is O=C(c1ccccc1)[C@]1(O)[C@@](O)(C(=O)c2ccccc2)[C@@](O)(C(=O)c2ccccc2)CO[C@@]1(O)Br. The second-order valence-electron chi connectivity index (χ2n) is 8.22. The molecule has 8 nitrogen and oxygen atoms in total. The van der Waals surface area contributed by atoms with Crippen molar-refractivity contribution < 1.29 is 39.5 Å². The lowest BCUT2D eigenvalue weighted by Gasteiger charge is -2.56. The molecular weight excluding hydrogens is 520 g/mol. The number of benzene rings is 3. The molecule has 3 aromatic rings. The van der Waals surface area contributed by atoms with Crippen molar-refractivity contribution in [3.05, 3.63) is 108 Å². The van der Waals surface area contributed by atoms with Gasteiger partial charge in [0.2, 0.25) is 22.8 Å². The van der Waals surface area contributed by atoms with Gasteiger partial charge in [0.1, 0.15) is 0 Å². The van der Waals surface area contributed by atoms with Gasteiger partial charge in [-0.05, 0) is 15.9 Å². The smallest absolute Gasteiger partial charge is 0.265 e. The van der Waals surface area contributed by atoms with E-state index in [1.165, 1.54) is 72.8 Å². The number of carbonyl (C=O) groups is 3. The number of hydrogen-bond donors (Lipinski definition) is 4.